The van der Waals surface area contributed by atoms with Crippen LogP contribution in [0.15, 0.2) is 85.4 Å². The van der Waals surface area contributed by atoms with Crippen molar-refractivity contribution in [3.63, 3.8) is 0 Å². The Bertz CT molecular complexity index is 1660. The first-order valence-corrected chi connectivity index (χ1v) is 10.8. The molecule has 3 aromatic carbocycles. The zero-order chi connectivity index (χ0) is 23.8. The highest BCUT2D eigenvalue weighted by atomic mass is 16.5. The molecule has 2 heterocycles. The molecule has 0 saturated carbocycles. The highest BCUT2D eigenvalue weighted by molar-refractivity contribution is 5.85. The van der Waals surface area contributed by atoms with Crippen molar-refractivity contribution >= 4 is 21.9 Å². The lowest BCUT2D eigenvalue weighted by Gasteiger charge is -2.11. The van der Waals surface area contributed by atoms with Crippen LogP contribution in [-0.2, 0) is 6.61 Å². The van der Waals surface area contributed by atoms with E-state index in [9.17, 15) is 9.59 Å². The van der Waals surface area contributed by atoms with Crippen LogP contribution in [0.4, 0.5) is 0 Å². The van der Waals surface area contributed by atoms with Crippen LogP contribution >= 0.6 is 0 Å². The van der Waals surface area contributed by atoms with Crippen molar-refractivity contribution in [1.82, 2.24) is 0 Å². The Kier molecular flexibility index (Phi) is 5.42. The summed E-state index contributed by atoms with van der Waals surface area (Å²) in [5, 5.41) is 1.30. The molecular formula is C28H22O6. The molecule has 170 valence electrons. The lowest BCUT2D eigenvalue weighted by Crippen LogP contribution is -2.07. The van der Waals surface area contributed by atoms with Gasteiger partial charge < -0.3 is 18.3 Å². The van der Waals surface area contributed by atoms with Crippen LogP contribution in [0.1, 0.15) is 16.7 Å². The van der Waals surface area contributed by atoms with Crippen molar-refractivity contribution < 1.29 is 18.3 Å². The van der Waals surface area contributed by atoms with E-state index in [1.165, 1.54) is 12.3 Å². The maximum Gasteiger partial charge on any atom is 0.336 e. The van der Waals surface area contributed by atoms with E-state index in [2.05, 4.69) is 0 Å². The summed E-state index contributed by atoms with van der Waals surface area (Å²) >= 11 is 0. The molecule has 0 aliphatic carbocycles. The van der Waals surface area contributed by atoms with Crippen LogP contribution in [0, 0.1) is 13.8 Å². The van der Waals surface area contributed by atoms with Crippen molar-refractivity contribution in [3.05, 3.63) is 104 Å². The van der Waals surface area contributed by atoms with Gasteiger partial charge in [0.05, 0.1) is 18.1 Å². The Morgan fingerprint density at radius 3 is 2.53 bits per heavy atom. The van der Waals surface area contributed by atoms with E-state index in [-0.39, 0.29) is 12.0 Å². The number of hydrogen-bond acceptors (Lipinski definition) is 6. The summed E-state index contributed by atoms with van der Waals surface area (Å²) in [4.78, 5) is 25.2. The number of aryl methyl sites for hydroxylation is 2. The maximum absolute atomic E-state index is 13.1. The van der Waals surface area contributed by atoms with Gasteiger partial charge in [-0.3, -0.25) is 4.79 Å². The van der Waals surface area contributed by atoms with Gasteiger partial charge in [0.2, 0.25) is 5.43 Å². The minimum Gasteiger partial charge on any atom is -0.496 e. The highest BCUT2D eigenvalue weighted by Crippen LogP contribution is 2.30. The zero-order valence-corrected chi connectivity index (χ0v) is 19.0. The van der Waals surface area contributed by atoms with Gasteiger partial charge in [0.1, 0.15) is 35.5 Å². The second-order valence-electron chi connectivity index (χ2n) is 8.17. The summed E-state index contributed by atoms with van der Waals surface area (Å²) < 4.78 is 22.5. The normalized spacial score (nSPS) is 11.1. The molecule has 6 heteroatoms. The molecule has 34 heavy (non-hydrogen) atoms. The van der Waals surface area contributed by atoms with Gasteiger partial charge in [-0.2, -0.15) is 0 Å². The summed E-state index contributed by atoms with van der Waals surface area (Å²) in [7, 11) is 1.56. The topological polar surface area (TPSA) is 78.9 Å². The van der Waals surface area contributed by atoms with Crippen molar-refractivity contribution in [2.45, 2.75) is 20.5 Å². The van der Waals surface area contributed by atoms with E-state index >= 15 is 0 Å². The Labute approximate surface area is 195 Å². The molecular weight excluding hydrogens is 432 g/mol. The molecule has 0 radical (unpaired) electrons. The first-order chi connectivity index (χ1) is 16.4. The third kappa shape index (κ3) is 3.83. The molecule has 0 bridgehead atoms. The number of benzene rings is 3. The van der Waals surface area contributed by atoms with Crippen molar-refractivity contribution in [2.75, 3.05) is 7.11 Å². The van der Waals surface area contributed by atoms with Crippen LogP contribution in [-0.4, -0.2) is 7.11 Å². The molecule has 5 aromatic rings. The molecule has 2 aromatic heterocycles. The smallest absolute Gasteiger partial charge is 0.336 e. The molecule has 0 atom stereocenters. The average Bonchev–Trinajstić information content (AvgIpc) is 2.82. The molecule has 0 fully saturated rings. The lowest BCUT2D eigenvalue weighted by molar-refractivity contribution is 0.306. The van der Waals surface area contributed by atoms with Crippen LogP contribution in [0.2, 0.25) is 0 Å². The number of para-hydroxylation sites is 1. The van der Waals surface area contributed by atoms with Gasteiger partial charge in [0, 0.05) is 28.6 Å². The van der Waals surface area contributed by atoms with Crippen LogP contribution in [0.3, 0.4) is 0 Å². The van der Waals surface area contributed by atoms with E-state index in [0.29, 0.717) is 39.2 Å². The average molecular weight is 454 g/mol. The summed E-state index contributed by atoms with van der Waals surface area (Å²) in [5.74, 6) is 1.12. The molecule has 0 spiro atoms. The third-order valence-corrected chi connectivity index (χ3v) is 5.80. The Morgan fingerprint density at radius 1 is 0.882 bits per heavy atom. The van der Waals surface area contributed by atoms with Gasteiger partial charge in [-0.05, 0) is 49.2 Å². The Morgan fingerprint density at radius 2 is 1.71 bits per heavy atom. The van der Waals surface area contributed by atoms with E-state index < -0.39 is 5.63 Å². The molecule has 0 aliphatic rings. The van der Waals surface area contributed by atoms with E-state index in [1.807, 2.05) is 44.2 Å². The Balaban J connectivity index is 1.49. The highest BCUT2D eigenvalue weighted by Gasteiger charge is 2.14. The van der Waals surface area contributed by atoms with Crippen LogP contribution in [0.5, 0.6) is 11.5 Å². The van der Waals surface area contributed by atoms with Gasteiger partial charge in [0.15, 0.2) is 0 Å². The van der Waals surface area contributed by atoms with E-state index in [0.717, 1.165) is 22.1 Å². The van der Waals surface area contributed by atoms with Crippen LogP contribution < -0.4 is 20.5 Å². The number of rotatable bonds is 5. The summed E-state index contributed by atoms with van der Waals surface area (Å²) in [5.41, 5.74) is 4.21. The predicted octanol–water partition coefficient (Wildman–Crippen LogP) is 5.77. The molecule has 0 N–H and O–H groups in total. The second-order valence-corrected chi connectivity index (χ2v) is 8.17. The monoisotopic (exact) mass is 454 g/mol. The van der Waals surface area contributed by atoms with Gasteiger partial charge in [0.25, 0.3) is 0 Å². The molecule has 0 unspecified atom stereocenters. The molecule has 0 aliphatic heterocycles. The van der Waals surface area contributed by atoms with Crippen LogP contribution in [0.25, 0.3) is 33.1 Å². The fourth-order valence-corrected chi connectivity index (χ4v) is 4.30. The van der Waals surface area contributed by atoms with Crippen molar-refractivity contribution in [1.29, 1.82) is 0 Å². The van der Waals surface area contributed by atoms with E-state index in [4.69, 9.17) is 18.3 Å². The summed E-state index contributed by atoms with van der Waals surface area (Å²) in [6.07, 6.45) is 1.44. The van der Waals surface area contributed by atoms with Gasteiger partial charge in [-0.1, -0.05) is 24.3 Å². The molecule has 6 nitrogen and oxygen atoms in total. The number of ether oxygens (including phenoxy) is 2. The fourth-order valence-electron chi connectivity index (χ4n) is 4.30. The van der Waals surface area contributed by atoms with Crippen molar-refractivity contribution in [3.8, 4) is 22.6 Å². The largest absolute Gasteiger partial charge is 0.496 e. The number of hydrogen-bond donors (Lipinski definition) is 0. The molecule has 5 rings (SSSR count). The zero-order valence-electron chi connectivity index (χ0n) is 19.0. The first-order valence-electron chi connectivity index (χ1n) is 10.8. The fraction of sp³-hybridized carbons (Fsp3) is 0.143. The van der Waals surface area contributed by atoms with Gasteiger partial charge >= 0.3 is 5.63 Å². The third-order valence-electron chi connectivity index (χ3n) is 5.80. The maximum atomic E-state index is 13.1. The minimum atomic E-state index is -0.426. The standard InChI is InChI=1S/C28H22O6/c1-16-10-17(2)27-18(12-26(29)34-25(27)11-16)14-32-19-8-9-21-24(13-19)33-15-22(28(21)30)20-6-4-5-7-23(20)31-3/h4-13,15H,14H2,1-3H3. The quantitative estimate of drug-likeness (QED) is 0.314. The Hall–Kier alpha value is -4.32. The summed E-state index contributed by atoms with van der Waals surface area (Å²) in [6.45, 7) is 4.10. The van der Waals surface area contributed by atoms with Crippen molar-refractivity contribution in [2.24, 2.45) is 0 Å². The SMILES string of the molecule is COc1ccccc1-c1coc2cc(OCc3cc(=O)oc4cc(C)cc(C)c34)ccc2c1=O. The van der Waals surface area contributed by atoms with E-state index in [1.54, 1.807) is 31.4 Å². The lowest BCUT2D eigenvalue weighted by atomic mass is 10.0. The molecule has 0 amide bonds. The number of fused-ring (bicyclic) bond motifs is 2. The van der Waals surface area contributed by atoms with Gasteiger partial charge in [-0.15, -0.1) is 0 Å². The second kappa shape index (κ2) is 8.56. The summed E-state index contributed by atoms with van der Waals surface area (Å²) in [6, 6.07) is 17.7. The number of methoxy groups -OCH3 is 1. The molecule has 0 saturated heterocycles. The minimum absolute atomic E-state index is 0.157. The predicted molar refractivity (Wildman–Crippen MR) is 131 cm³/mol. The van der Waals surface area contributed by atoms with Gasteiger partial charge in [-0.25, -0.2) is 4.79 Å². The first kappa shape index (κ1) is 21.5.